The van der Waals surface area contributed by atoms with Crippen LogP contribution in [0.3, 0.4) is 0 Å². The van der Waals surface area contributed by atoms with Crippen LogP contribution in [-0.4, -0.2) is 18.4 Å². The summed E-state index contributed by atoms with van der Waals surface area (Å²) in [5.74, 6) is -1.04. The van der Waals surface area contributed by atoms with E-state index in [2.05, 4.69) is 5.32 Å². The summed E-state index contributed by atoms with van der Waals surface area (Å²) < 4.78 is 19.1. The first-order valence-electron chi connectivity index (χ1n) is 6.69. The van der Waals surface area contributed by atoms with E-state index in [9.17, 15) is 14.0 Å². The maximum absolute atomic E-state index is 13.6. The van der Waals surface area contributed by atoms with Gasteiger partial charge < -0.3 is 15.8 Å². The molecule has 0 unspecified atom stereocenters. The number of primary amides is 1. The van der Waals surface area contributed by atoms with Gasteiger partial charge in [-0.1, -0.05) is 17.7 Å². The molecule has 0 aliphatic heterocycles. The third-order valence-electron chi connectivity index (χ3n) is 2.98. The monoisotopic (exact) mass is 336 g/mol. The number of carbonyl (C=O) groups excluding carboxylic acids is 2. The second kappa shape index (κ2) is 7.60. The molecule has 7 heteroatoms. The molecule has 0 aromatic heterocycles. The highest BCUT2D eigenvalue weighted by Gasteiger charge is 2.09. The molecule has 0 fully saturated rings. The van der Waals surface area contributed by atoms with Crippen molar-refractivity contribution < 1.29 is 18.7 Å². The molecule has 0 aliphatic carbocycles. The smallest absolute Gasteiger partial charge is 0.251 e. The summed E-state index contributed by atoms with van der Waals surface area (Å²) in [4.78, 5) is 22.3. The van der Waals surface area contributed by atoms with Gasteiger partial charge in [0.1, 0.15) is 18.2 Å². The van der Waals surface area contributed by atoms with Gasteiger partial charge in [0.2, 0.25) is 5.91 Å². The number of nitrogens with two attached hydrogens (primary N) is 1. The summed E-state index contributed by atoms with van der Waals surface area (Å²) in [7, 11) is 0. The van der Waals surface area contributed by atoms with Crippen molar-refractivity contribution in [1.82, 2.24) is 5.32 Å². The molecule has 2 aromatic carbocycles. The maximum Gasteiger partial charge on any atom is 0.251 e. The second-order valence-electron chi connectivity index (χ2n) is 4.66. The van der Waals surface area contributed by atoms with Crippen molar-refractivity contribution in [3.63, 3.8) is 0 Å². The molecular formula is C16H14ClFN2O3. The highest BCUT2D eigenvalue weighted by molar-refractivity contribution is 6.31. The molecule has 2 rings (SSSR count). The molecule has 0 heterocycles. The highest BCUT2D eigenvalue weighted by Crippen LogP contribution is 2.21. The zero-order valence-corrected chi connectivity index (χ0v) is 12.8. The quantitative estimate of drug-likeness (QED) is 0.849. The summed E-state index contributed by atoms with van der Waals surface area (Å²) in [6.07, 6.45) is 0. The molecule has 2 aromatic rings. The van der Waals surface area contributed by atoms with Crippen LogP contribution in [0, 0.1) is 5.82 Å². The highest BCUT2D eigenvalue weighted by atomic mass is 35.5. The van der Waals surface area contributed by atoms with E-state index in [4.69, 9.17) is 22.1 Å². The van der Waals surface area contributed by atoms with E-state index in [0.717, 1.165) is 0 Å². The lowest BCUT2D eigenvalue weighted by atomic mass is 10.2. The Hall–Kier alpha value is -2.60. The number of amides is 2. The van der Waals surface area contributed by atoms with Gasteiger partial charge in [-0.3, -0.25) is 9.59 Å². The van der Waals surface area contributed by atoms with Crippen molar-refractivity contribution in [2.45, 2.75) is 6.61 Å². The molecule has 5 nitrogen and oxygen atoms in total. The van der Waals surface area contributed by atoms with Gasteiger partial charge >= 0.3 is 0 Å². The number of hydrogen-bond acceptors (Lipinski definition) is 3. The van der Waals surface area contributed by atoms with Crippen LogP contribution in [0.25, 0.3) is 0 Å². The largest absolute Gasteiger partial charge is 0.489 e. The number of halogens is 2. The molecule has 0 saturated heterocycles. The first-order chi connectivity index (χ1) is 11.0. The molecule has 3 N–H and O–H groups in total. The molecule has 0 bridgehead atoms. The predicted molar refractivity (Wildman–Crippen MR) is 83.7 cm³/mol. The Morgan fingerprint density at radius 1 is 1.17 bits per heavy atom. The lowest BCUT2D eigenvalue weighted by molar-refractivity contribution is -0.117. The summed E-state index contributed by atoms with van der Waals surface area (Å²) in [6, 6.07) is 10.6. The molecule has 0 saturated carbocycles. The SMILES string of the molecule is NC(=O)CNC(=O)c1ccc(OCc2c(F)cccc2Cl)cc1. The van der Waals surface area contributed by atoms with Gasteiger partial charge in [-0.2, -0.15) is 0 Å². The van der Waals surface area contributed by atoms with Crippen LogP contribution in [0.2, 0.25) is 5.02 Å². The predicted octanol–water partition coefficient (Wildman–Crippen LogP) is 2.27. The number of benzene rings is 2. The Bertz CT molecular complexity index is 700. The first kappa shape index (κ1) is 16.8. The van der Waals surface area contributed by atoms with Crippen LogP contribution in [0.5, 0.6) is 5.75 Å². The van der Waals surface area contributed by atoms with Crippen LogP contribution in [0.4, 0.5) is 4.39 Å². The summed E-state index contributed by atoms with van der Waals surface area (Å²) >= 11 is 5.91. The molecule has 120 valence electrons. The molecule has 0 radical (unpaired) electrons. The molecule has 0 spiro atoms. The summed E-state index contributed by atoms with van der Waals surface area (Å²) in [5, 5.41) is 2.65. The van der Waals surface area contributed by atoms with Crippen molar-refractivity contribution in [1.29, 1.82) is 0 Å². The Morgan fingerprint density at radius 2 is 1.87 bits per heavy atom. The van der Waals surface area contributed by atoms with E-state index >= 15 is 0 Å². The van der Waals surface area contributed by atoms with E-state index in [1.807, 2.05) is 0 Å². The summed E-state index contributed by atoms with van der Waals surface area (Å²) in [5.41, 5.74) is 5.56. The fraction of sp³-hybridized carbons (Fsp3) is 0.125. The van der Waals surface area contributed by atoms with E-state index in [1.54, 1.807) is 18.2 Å². The zero-order chi connectivity index (χ0) is 16.8. The number of nitrogens with one attached hydrogen (secondary N) is 1. The van der Waals surface area contributed by atoms with Crippen LogP contribution >= 0.6 is 11.6 Å². The van der Waals surface area contributed by atoms with Crippen molar-refractivity contribution >= 4 is 23.4 Å². The number of carbonyl (C=O) groups is 2. The van der Waals surface area contributed by atoms with Gasteiger partial charge in [-0.05, 0) is 36.4 Å². The molecule has 23 heavy (non-hydrogen) atoms. The van der Waals surface area contributed by atoms with Crippen molar-refractivity contribution in [2.75, 3.05) is 6.54 Å². The standard InChI is InChI=1S/C16H14ClFN2O3/c17-13-2-1-3-14(18)12(13)9-23-11-6-4-10(5-7-11)16(22)20-8-15(19)21/h1-7H,8-9H2,(H2,19,21)(H,20,22). The molecule has 0 atom stereocenters. The van der Waals surface area contributed by atoms with Gasteiger partial charge in [0.25, 0.3) is 5.91 Å². The van der Waals surface area contributed by atoms with Crippen LogP contribution < -0.4 is 15.8 Å². The van der Waals surface area contributed by atoms with E-state index < -0.39 is 17.6 Å². The Kier molecular flexibility index (Phi) is 5.54. The van der Waals surface area contributed by atoms with Gasteiger partial charge in [-0.15, -0.1) is 0 Å². The van der Waals surface area contributed by atoms with E-state index in [1.165, 1.54) is 24.3 Å². The minimum absolute atomic E-state index is 0.0290. The van der Waals surface area contributed by atoms with E-state index in [0.29, 0.717) is 11.3 Å². The topological polar surface area (TPSA) is 81.4 Å². The van der Waals surface area contributed by atoms with Crippen LogP contribution in [-0.2, 0) is 11.4 Å². The Balaban J connectivity index is 1.97. The minimum atomic E-state index is -0.625. The second-order valence-corrected chi connectivity index (χ2v) is 5.07. The summed E-state index contributed by atoms with van der Waals surface area (Å²) in [6.45, 7) is -0.262. The molecule has 0 aliphatic rings. The van der Waals surface area contributed by atoms with Gasteiger partial charge in [0.05, 0.1) is 11.6 Å². The number of rotatable bonds is 6. The van der Waals surface area contributed by atoms with E-state index in [-0.39, 0.29) is 23.7 Å². The zero-order valence-electron chi connectivity index (χ0n) is 12.0. The van der Waals surface area contributed by atoms with Gasteiger partial charge in [-0.25, -0.2) is 4.39 Å². The molecule has 2 amide bonds. The average Bonchev–Trinajstić information content (AvgIpc) is 2.52. The van der Waals surface area contributed by atoms with Gasteiger partial charge in [0, 0.05) is 11.1 Å². The minimum Gasteiger partial charge on any atom is -0.489 e. The first-order valence-corrected chi connectivity index (χ1v) is 7.07. The Labute approximate surface area is 137 Å². The fourth-order valence-electron chi connectivity index (χ4n) is 1.80. The third kappa shape index (κ3) is 4.69. The average molecular weight is 337 g/mol. The normalized spacial score (nSPS) is 10.2. The fourth-order valence-corrected chi connectivity index (χ4v) is 2.02. The van der Waals surface area contributed by atoms with Crippen LogP contribution in [0.15, 0.2) is 42.5 Å². The van der Waals surface area contributed by atoms with Gasteiger partial charge in [0.15, 0.2) is 0 Å². The molecular weight excluding hydrogens is 323 g/mol. The maximum atomic E-state index is 13.6. The van der Waals surface area contributed by atoms with Crippen molar-refractivity contribution in [2.24, 2.45) is 5.73 Å². The lowest BCUT2D eigenvalue weighted by Gasteiger charge is -2.09. The van der Waals surface area contributed by atoms with Crippen LogP contribution in [0.1, 0.15) is 15.9 Å². The lowest BCUT2D eigenvalue weighted by Crippen LogP contribution is -2.33. The number of ether oxygens (including phenoxy) is 1. The van der Waals surface area contributed by atoms with Crippen molar-refractivity contribution in [3.8, 4) is 5.75 Å². The Morgan fingerprint density at radius 3 is 2.48 bits per heavy atom. The number of hydrogen-bond donors (Lipinski definition) is 2. The third-order valence-corrected chi connectivity index (χ3v) is 3.34. The van der Waals surface area contributed by atoms with Crippen molar-refractivity contribution in [3.05, 3.63) is 64.4 Å².